The fourth-order valence-electron chi connectivity index (χ4n) is 11.2. The van der Waals surface area contributed by atoms with Gasteiger partial charge in [-0.05, 0) is 155 Å². The summed E-state index contributed by atoms with van der Waals surface area (Å²) in [4.78, 5) is 0. The summed E-state index contributed by atoms with van der Waals surface area (Å²) < 4.78 is 7.24. The van der Waals surface area contributed by atoms with Crippen LogP contribution in [0.1, 0.15) is 16.7 Å². The third-order valence-electron chi connectivity index (χ3n) is 14.3. The van der Waals surface area contributed by atoms with Crippen molar-refractivity contribution >= 4 is 65.4 Å². The first-order chi connectivity index (χ1) is 32.9. The lowest BCUT2D eigenvalue weighted by Gasteiger charge is -2.16. The van der Waals surface area contributed by atoms with Gasteiger partial charge in [0.15, 0.2) is 0 Å². The lowest BCUT2D eigenvalue weighted by atomic mass is 9.96. The van der Waals surface area contributed by atoms with Gasteiger partial charge < -0.3 is 13.7 Å². The molecule has 3 nitrogen and oxygen atoms in total. The topological polar surface area (TPSA) is 14.8 Å². The highest BCUT2D eigenvalue weighted by Gasteiger charge is 2.20. The Bertz CT molecular complexity index is 4100. The minimum Gasteiger partial charge on any atom is -0.344 e. The molecule has 0 fully saturated rings. The number of fused-ring (bicyclic) bond motifs is 9. The molecule has 67 heavy (non-hydrogen) atoms. The standard InChI is InChI=1S/C64H47N3/c1-40-32-41(2)64(42(3)33-40)67-62-29-23-48(44-16-9-6-10-17-44)36-55(62)56-38-50(25-30-63(56)67)46-19-13-18-45(34-46)49-24-28-61-54(37-49)53-35-47(43-14-7-5-8-15-43)22-27-60(53)66(61)51-26-31-59-57(39-51)52-20-11-12-21-58(52)65(59)4/h5-39H,1-4H3. The number of hydrogen-bond donors (Lipinski definition) is 0. The van der Waals surface area contributed by atoms with Gasteiger partial charge in [-0.1, -0.05) is 139 Å². The lowest BCUT2D eigenvalue weighted by Crippen LogP contribution is -2.01. The Kier molecular flexibility index (Phi) is 8.78. The largest absolute Gasteiger partial charge is 0.344 e. The van der Waals surface area contributed by atoms with Crippen LogP contribution in [0.3, 0.4) is 0 Å². The van der Waals surface area contributed by atoms with Gasteiger partial charge in [0.1, 0.15) is 0 Å². The Balaban J connectivity index is 0.972. The van der Waals surface area contributed by atoms with E-state index in [1.807, 2.05) is 0 Å². The number of hydrogen-bond acceptors (Lipinski definition) is 0. The van der Waals surface area contributed by atoms with E-state index >= 15 is 0 Å². The second-order valence-corrected chi connectivity index (χ2v) is 18.4. The maximum absolute atomic E-state index is 2.48. The maximum atomic E-state index is 2.48. The Labute approximate surface area is 390 Å². The van der Waals surface area contributed by atoms with Crippen molar-refractivity contribution in [2.24, 2.45) is 7.05 Å². The van der Waals surface area contributed by atoms with Crippen LogP contribution in [0.5, 0.6) is 0 Å². The Morgan fingerprint density at radius 2 is 0.657 bits per heavy atom. The van der Waals surface area contributed by atoms with Gasteiger partial charge >= 0.3 is 0 Å². The molecule has 0 atom stereocenters. The van der Waals surface area contributed by atoms with E-state index in [1.165, 1.54) is 132 Å². The van der Waals surface area contributed by atoms with Gasteiger partial charge in [0.25, 0.3) is 0 Å². The van der Waals surface area contributed by atoms with Crippen molar-refractivity contribution in [3.05, 3.63) is 229 Å². The van der Waals surface area contributed by atoms with Crippen molar-refractivity contribution in [3.63, 3.8) is 0 Å². The summed E-state index contributed by atoms with van der Waals surface area (Å²) in [6, 6.07) is 78.9. The van der Waals surface area contributed by atoms with E-state index in [4.69, 9.17) is 0 Å². The fraction of sp³-hybridized carbons (Fsp3) is 0.0625. The first-order valence-electron chi connectivity index (χ1n) is 23.3. The molecule has 13 aromatic rings. The molecule has 0 saturated carbocycles. The SMILES string of the molecule is Cc1cc(C)c(-n2c3ccc(-c4ccccc4)cc3c3cc(-c4cccc(-c5ccc6c(c5)c5cc(-c7ccccc7)ccc5n6-c5ccc6c(c5)c5ccccc5n6C)c4)ccc32)c(C)c1. The fourth-order valence-corrected chi connectivity index (χ4v) is 11.2. The van der Waals surface area contributed by atoms with Crippen LogP contribution in [0.4, 0.5) is 0 Å². The smallest absolute Gasteiger partial charge is 0.0541 e. The molecule has 318 valence electrons. The minimum atomic E-state index is 1.16. The highest BCUT2D eigenvalue weighted by atomic mass is 15.0. The summed E-state index contributed by atoms with van der Waals surface area (Å²) in [5, 5.41) is 7.52. The van der Waals surface area contributed by atoms with Crippen LogP contribution in [-0.2, 0) is 7.05 Å². The van der Waals surface area contributed by atoms with Crippen LogP contribution in [0.2, 0.25) is 0 Å². The van der Waals surface area contributed by atoms with Gasteiger partial charge in [0, 0.05) is 56.1 Å². The normalized spacial score (nSPS) is 11.9. The molecule has 0 amide bonds. The molecular weight excluding hydrogens is 811 g/mol. The molecule has 0 spiro atoms. The number of aromatic nitrogens is 3. The molecule has 10 aromatic carbocycles. The van der Waals surface area contributed by atoms with Crippen LogP contribution < -0.4 is 0 Å². The number of rotatable bonds is 6. The molecule has 0 aliphatic heterocycles. The zero-order valence-corrected chi connectivity index (χ0v) is 38.0. The van der Waals surface area contributed by atoms with Gasteiger partial charge in [0.05, 0.1) is 27.8 Å². The van der Waals surface area contributed by atoms with Crippen molar-refractivity contribution in [1.82, 2.24) is 13.7 Å². The van der Waals surface area contributed by atoms with E-state index in [9.17, 15) is 0 Å². The van der Waals surface area contributed by atoms with Crippen molar-refractivity contribution in [2.45, 2.75) is 20.8 Å². The molecule has 0 aliphatic rings. The van der Waals surface area contributed by atoms with Crippen molar-refractivity contribution in [1.29, 1.82) is 0 Å². The van der Waals surface area contributed by atoms with Gasteiger partial charge in [-0.3, -0.25) is 0 Å². The molecule has 3 aromatic heterocycles. The van der Waals surface area contributed by atoms with Crippen LogP contribution in [0.25, 0.3) is 121 Å². The van der Waals surface area contributed by atoms with Crippen LogP contribution in [0.15, 0.2) is 212 Å². The Morgan fingerprint density at radius 3 is 1.18 bits per heavy atom. The van der Waals surface area contributed by atoms with E-state index in [-0.39, 0.29) is 0 Å². The van der Waals surface area contributed by atoms with E-state index in [0.717, 1.165) is 5.69 Å². The van der Waals surface area contributed by atoms with E-state index in [2.05, 4.69) is 254 Å². The molecule has 0 N–H and O–H groups in total. The zero-order chi connectivity index (χ0) is 44.9. The molecule has 0 bridgehead atoms. The van der Waals surface area contributed by atoms with Gasteiger partial charge in [-0.25, -0.2) is 0 Å². The predicted molar refractivity (Wildman–Crippen MR) is 285 cm³/mol. The monoisotopic (exact) mass is 857 g/mol. The molecular formula is C64H47N3. The quantitative estimate of drug-likeness (QED) is 0.158. The van der Waals surface area contributed by atoms with E-state index in [1.54, 1.807) is 0 Å². The molecule has 0 aliphatic carbocycles. The van der Waals surface area contributed by atoms with Crippen molar-refractivity contribution < 1.29 is 0 Å². The summed E-state index contributed by atoms with van der Waals surface area (Å²) in [6.07, 6.45) is 0. The molecule has 3 heterocycles. The summed E-state index contributed by atoms with van der Waals surface area (Å²) in [5.41, 5.74) is 23.2. The molecule has 0 radical (unpaired) electrons. The van der Waals surface area contributed by atoms with Gasteiger partial charge in [-0.2, -0.15) is 0 Å². The minimum absolute atomic E-state index is 1.16. The maximum Gasteiger partial charge on any atom is 0.0541 e. The van der Waals surface area contributed by atoms with Crippen LogP contribution in [0, 0.1) is 20.8 Å². The summed E-state index contributed by atoms with van der Waals surface area (Å²) in [7, 11) is 2.17. The van der Waals surface area contributed by atoms with Crippen LogP contribution in [-0.4, -0.2) is 13.7 Å². The first-order valence-corrected chi connectivity index (χ1v) is 23.3. The predicted octanol–water partition coefficient (Wildman–Crippen LogP) is 17.1. The molecule has 0 saturated heterocycles. The van der Waals surface area contributed by atoms with Crippen LogP contribution >= 0.6 is 0 Å². The molecule has 13 rings (SSSR count). The average molecular weight is 858 g/mol. The number of para-hydroxylation sites is 1. The summed E-state index contributed by atoms with van der Waals surface area (Å²) in [6.45, 7) is 6.68. The highest BCUT2D eigenvalue weighted by molar-refractivity contribution is 6.14. The van der Waals surface area contributed by atoms with Crippen molar-refractivity contribution in [2.75, 3.05) is 0 Å². The number of benzene rings is 10. The number of aryl methyl sites for hydroxylation is 4. The first kappa shape index (κ1) is 39.0. The molecule has 0 unspecified atom stereocenters. The highest BCUT2D eigenvalue weighted by Crippen LogP contribution is 2.42. The third kappa shape index (κ3) is 6.19. The zero-order valence-electron chi connectivity index (χ0n) is 38.0. The average Bonchev–Trinajstić information content (AvgIpc) is 3.97. The second kappa shape index (κ2) is 15.1. The van der Waals surface area contributed by atoms with E-state index in [0.29, 0.717) is 0 Å². The summed E-state index contributed by atoms with van der Waals surface area (Å²) in [5.74, 6) is 0. The number of nitrogens with zero attached hydrogens (tertiary/aromatic N) is 3. The van der Waals surface area contributed by atoms with E-state index < -0.39 is 0 Å². The second-order valence-electron chi connectivity index (χ2n) is 18.4. The third-order valence-corrected chi connectivity index (χ3v) is 14.3. The molecule has 3 heteroatoms. The van der Waals surface area contributed by atoms with Crippen molar-refractivity contribution in [3.8, 4) is 55.9 Å². The Hall–Kier alpha value is -8.40. The Morgan fingerprint density at radius 1 is 0.269 bits per heavy atom. The van der Waals surface area contributed by atoms with Gasteiger partial charge in [0.2, 0.25) is 0 Å². The summed E-state index contributed by atoms with van der Waals surface area (Å²) >= 11 is 0. The lowest BCUT2D eigenvalue weighted by molar-refractivity contribution is 1.01. The van der Waals surface area contributed by atoms with Gasteiger partial charge in [-0.15, -0.1) is 0 Å².